The van der Waals surface area contributed by atoms with Crippen LogP contribution in [0.3, 0.4) is 0 Å². The van der Waals surface area contributed by atoms with E-state index < -0.39 is 11.7 Å². The molecule has 0 heterocycles. The van der Waals surface area contributed by atoms with Crippen molar-refractivity contribution in [2.75, 3.05) is 6.54 Å². The lowest BCUT2D eigenvalue weighted by Crippen LogP contribution is -2.33. The molecule has 0 spiro atoms. The second-order valence-electron chi connectivity index (χ2n) is 5.09. The van der Waals surface area contributed by atoms with Gasteiger partial charge in [-0.25, -0.2) is 4.79 Å². The summed E-state index contributed by atoms with van der Waals surface area (Å²) in [5.74, 6) is -0.132. The minimum absolute atomic E-state index is 0.132. The quantitative estimate of drug-likeness (QED) is 0.893. The first-order valence-electron chi connectivity index (χ1n) is 5.83. The van der Waals surface area contributed by atoms with Crippen molar-refractivity contribution in [3.05, 3.63) is 27.7 Å². The van der Waals surface area contributed by atoms with Gasteiger partial charge in [0.1, 0.15) is 5.60 Å². The van der Waals surface area contributed by atoms with Crippen LogP contribution in [-0.4, -0.2) is 23.3 Å². The van der Waals surface area contributed by atoms with Crippen LogP contribution in [0, 0.1) is 0 Å². The van der Waals surface area contributed by atoms with E-state index in [4.69, 9.17) is 27.9 Å². The summed E-state index contributed by atoms with van der Waals surface area (Å²) >= 11 is 11.6. The van der Waals surface area contributed by atoms with Crippen molar-refractivity contribution in [1.29, 1.82) is 0 Å². The Morgan fingerprint density at radius 3 is 2.32 bits per heavy atom. The second kappa shape index (κ2) is 6.35. The van der Waals surface area contributed by atoms with E-state index in [-0.39, 0.29) is 15.8 Å². The predicted octanol–water partition coefficient (Wildman–Crippen LogP) is 3.77. The molecule has 0 fully saturated rings. The zero-order chi connectivity index (χ0) is 14.6. The molecule has 0 aliphatic heterocycles. The maximum Gasteiger partial charge on any atom is 0.407 e. The number of aromatic hydroxyl groups is 1. The normalized spacial score (nSPS) is 11.2. The van der Waals surface area contributed by atoms with E-state index in [1.807, 2.05) is 0 Å². The van der Waals surface area contributed by atoms with Crippen molar-refractivity contribution in [2.24, 2.45) is 0 Å². The van der Waals surface area contributed by atoms with Crippen molar-refractivity contribution in [2.45, 2.75) is 32.8 Å². The van der Waals surface area contributed by atoms with Crippen LogP contribution in [-0.2, 0) is 11.2 Å². The van der Waals surface area contributed by atoms with Crippen LogP contribution in [0.2, 0.25) is 10.0 Å². The van der Waals surface area contributed by atoms with Crippen LogP contribution >= 0.6 is 23.2 Å². The molecule has 19 heavy (non-hydrogen) atoms. The third-order valence-corrected chi connectivity index (χ3v) is 2.73. The SMILES string of the molecule is CC(C)(C)OC(=O)NCCc1cc(Cl)c(O)c(Cl)c1. The Morgan fingerprint density at radius 2 is 1.84 bits per heavy atom. The first-order valence-corrected chi connectivity index (χ1v) is 6.58. The molecule has 0 aromatic heterocycles. The molecule has 0 bridgehead atoms. The van der Waals surface area contributed by atoms with Gasteiger partial charge in [0, 0.05) is 6.54 Å². The summed E-state index contributed by atoms with van der Waals surface area (Å²) in [5.41, 5.74) is 0.304. The highest BCUT2D eigenvalue weighted by molar-refractivity contribution is 6.37. The molecule has 1 rings (SSSR count). The summed E-state index contributed by atoms with van der Waals surface area (Å²) in [4.78, 5) is 11.4. The van der Waals surface area contributed by atoms with Gasteiger partial charge in [-0.1, -0.05) is 23.2 Å². The summed E-state index contributed by atoms with van der Waals surface area (Å²) in [6.07, 6.45) is 0.0716. The number of rotatable bonds is 3. The molecule has 0 aliphatic carbocycles. The predicted molar refractivity (Wildman–Crippen MR) is 76.1 cm³/mol. The molecule has 2 N–H and O–H groups in total. The molecule has 6 heteroatoms. The highest BCUT2D eigenvalue weighted by atomic mass is 35.5. The first-order chi connectivity index (χ1) is 8.69. The number of alkyl carbamates (subject to hydrolysis) is 1. The third kappa shape index (κ3) is 5.57. The summed E-state index contributed by atoms with van der Waals surface area (Å²) in [6.45, 7) is 5.79. The number of hydrogen-bond donors (Lipinski definition) is 2. The number of carbonyl (C=O) groups excluding carboxylic acids is 1. The minimum atomic E-state index is -0.519. The standard InChI is InChI=1S/C13H17Cl2NO3/c1-13(2,3)19-12(18)16-5-4-8-6-9(14)11(17)10(15)7-8/h6-7,17H,4-5H2,1-3H3,(H,16,18). The highest BCUT2D eigenvalue weighted by Gasteiger charge is 2.15. The molecule has 0 aliphatic rings. The fraction of sp³-hybridized carbons (Fsp3) is 0.462. The number of ether oxygens (including phenoxy) is 1. The van der Waals surface area contributed by atoms with Gasteiger partial charge in [-0.2, -0.15) is 0 Å². The van der Waals surface area contributed by atoms with Crippen LogP contribution in [0.4, 0.5) is 4.79 Å². The average molecular weight is 306 g/mol. The molecule has 1 aromatic carbocycles. The molecule has 106 valence electrons. The van der Waals surface area contributed by atoms with Crippen LogP contribution in [0.1, 0.15) is 26.3 Å². The minimum Gasteiger partial charge on any atom is -0.505 e. The van der Waals surface area contributed by atoms with Gasteiger partial charge in [0.25, 0.3) is 0 Å². The molecule has 0 saturated carbocycles. The molecule has 1 amide bonds. The average Bonchev–Trinajstić information content (AvgIpc) is 2.23. The number of halogens is 2. The fourth-order valence-electron chi connectivity index (χ4n) is 1.39. The lowest BCUT2D eigenvalue weighted by atomic mass is 10.1. The maximum absolute atomic E-state index is 11.4. The van der Waals surface area contributed by atoms with Crippen LogP contribution in [0.25, 0.3) is 0 Å². The van der Waals surface area contributed by atoms with E-state index in [1.165, 1.54) is 0 Å². The van der Waals surface area contributed by atoms with Crippen LogP contribution in [0.5, 0.6) is 5.75 Å². The van der Waals surface area contributed by atoms with Crippen molar-refractivity contribution < 1.29 is 14.6 Å². The maximum atomic E-state index is 11.4. The molecule has 0 unspecified atom stereocenters. The van der Waals surface area contributed by atoms with Gasteiger partial charge >= 0.3 is 6.09 Å². The van der Waals surface area contributed by atoms with E-state index in [9.17, 15) is 9.90 Å². The zero-order valence-electron chi connectivity index (χ0n) is 11.1. The largest absolute Gasteiger partial charge is 0.505 e. The van der Waals surface area contributed by atoms with Gasteiger partial charge in [-0.15, -0.1) is 0 Å². The molecule has 0 atom stereocenters. The third-order valence-electron chi connectivity index (χ3n) is 2.16. The molecule has 0 saturated heterocycles. The monoisotopic (exact) mass is 305 g/mol. The Morgan fingerprint density at radius 1 is 1.32 bits per heavy atom. The zero-order valence-corrected chi connectivity index (χ0v) is 12.6. The first kappa shape index (κ1) is 15.9. The molecular formula is C13H17Cl2NO3. The highest BCUT2D eigenvalue weighted by Crippen LogP contribution is 2.32. The van der Waals surface area contributed by atoms with E-state index in [2.05, 4.69) is 5.32 Å². The Balaban J connectivity index is 2.48. The number of benzene rings is 1. The number of amides is 1. The van der Waals surface area contributed by atoms with Gasteiger partial charge in [0.2, 0.25) is 0 Å². The number of hydrogen-bond acceptors (Lipinski definition) is 3. The van der Waals surface area contributed by atoms with Gasteiger partial charge in [0.05, 0.1) is 10.0 Å². The van der Waals surface area contributed by atoms with Crippen molar-refractivity contribution in [3.8, 4) is 5.75 Å². The van der Waals surface area contributed by atoms with E-state index >= 15 is 0 Å². The van der Waals surface area contributed by atoms with E-state index in [1.54, 1.807) is 32.9 Å². The van der Waals surface area contributed by atoms with Crippen LogP contribution < -0.4 is 5.32 Å². The van der Waals surface area contributed by atoms with E-state index in [0.717, 1.165) is 5.56 Å². The summed E-state index contributed by atoms with van der Waals surface area (Å²) in [7, 11) is 0. The topological polar surface area (TPSA) is 58.6 Å². The summed E-state index contributed by atoms with van der Waals surface area (Å²) in [6, 6.07) is 3.22. The number of carbonyl (C=O) groups is 1. The van der Waals surface area contributed by atoms with Crippen molar-refractivity contribution in [1.82, 2.24) is 5.32 Å². The molecule has 4 nitrogen and oxygen atoms in total. The molecular weight excluding hydrogens is 289 g/mol. The Hall–Kier alpha value is -1.13. The van der Waals surface area contributed by atoms with Crippen molar-refractivity contribution in [3.63, 3.8) is 0 Å². The van der Waals surface area contributed by atoms with Crippen LogP contribution in [0.15, 0.2) is 12.1 Å². The van der Waals surface area contributed by atoms with Gasteiger partial charge < -0.3 is 15.2 Å². The Labute approximate surface area is 122 Å². The second-order valence-corrected chi connectivity index (χ2v) is 5.90. The number of phenols is 1. The lowest BCUT2D eigenvalue weighted by Gasteiger charge is -2.19. The van der Waals surface area contributed by atoms with Crippen molar-refractivity contribution >= 4 is 29.3 Å². The van der Waals surface area contributed by atoms with E-state index in [0.29, 0.717) is 13.0 Å². The Kier molecular flexibility index (Phi) is 5.32. The number of nitrogens with one attached hydrogen (secondary N) is 1. The summed E-state index contributed by atoms with van der Waals surface area (Å²) in [5, 5.41) is 12.4. The van der Waals surface area contributed by atoms with Gasteiger partial charge in [-0.05, 0) is 44.9 Å². The molecule has 1 aromatic rings. The van der Waals surface area contributed by atoms with Gasteiger partial charge in [0.15, 0.2) is 5.75 Å². The molecule has 0 radical (unpaired) electrons. The lowest BCUT2D eigenvalue weighted by molar-refractivity contribution is 0.0528. The fourth-order valence-corrected chi connectivity index (χ4v) is 1.92. The number of phenolic OH excluding ortho intramolecular Hbond substituents is 1. The Bertz CT molecular complexity index is 446. The summed E-state index contributed by atoms with van der Waals surface area (Å²) < 4.78 is 5.10. The van der Waals surface area contributed by atoms with Gasteiger partial charge in [-0.3, -0.25) is 0 Å². The smallest absolute Gasteiger partial charge is 0.407 e.